The Morgan fingerprint density at radius 3 is 2.56 bits per heavy atom. The highest BCUT2D eigenvalue weighted by Crippen LogP contribution is 2.59. The number of hydrogen-bond donors (Lipinski definition) is 2. The van der Waals surface area contributed by atoms with Gasteiger partial charge >= 0.3 is 0 Å². The molecule has 6 atom stereocenters. The van der Waals surface area contributed by atoms with Crippen molar-refractivity contribution in [1.82, 2.24) is 0 Å². The number of aromatic hydroxyl groups is 1. The summed E-state index contributed by atoms with van der Waals surface area (Å²) >= 11 is 0. The van der Waals surface area contributed by atoms with Crippen molar-refractivity contribution in [2.24, 2.45) is 23.7 Å². The van der Waals surface area contributed by atoms with E-state index in [1.807, 2.05) is 13.0 Å². The molecule has 2 aromatic rings. The number of carbonyl (C=O) groups excluding carboxylic acids is 2. The van der Waals surface area contributed by atoms with Gasteiger partial charge in [0, 0.05) is 11.8 Å². The Balaban J connectivity index is 1.53. The molecule has 2 heterocycles. The fourth-order valence-electron chi connectivity index (χ4n) is 5.92. The summed E-state index contributed by atoms with van der Waals surface area (Å²) in [5, 5.41) is 21.2. The first kappa shape index (κ1) is 21.1. The van der Waals surface area contributed by atoms with E-state index in [4.69, 9.17) is 4.74 Å². The average Bonchev–Trinajstić information content (AvgIpc) is 3.26. The fourth-order valence-corrected chi connectivity index (χ4v) is 5.92. The van der Waals surface area contributed by atoms with E-state index in [1.165, 1.54) is 17.0 Å². The number of imide groups is 1. The number of hydrogen-bond acceptors (Lipinski definition) is 5. The first-order chi connectivity index (χ1) is 15.3. The average molecular weight is 439 g/mol. The molecule has 2 saturated heterocycles. The lowest BCUT2D eigenvalue weighted by Gasteiger charge is -2.44. The molecule has 2 amide bonds. The van der Waals surface area contributed by atoms with Crippen LogP contribution in [0.15, 0.2) is 48.5 Å². The zero-order valence-electron chi connectivity index (χ0n) is 17.8. The molecular formula is C25H26FNO5. The number of fused-ring (bicyclic) bond motifs is 3. The van der Waals surface area contributed by atoms with Gasteiger partial charge in [-0.15, -0.1) is 0 Å². The van der Waals surface area contributed by atoms with E-state index in [0.29, 0.717) is 30.5 Å². The second-order valence-electron chi connectivity index (χ2n) is 9.11. The molecular weight excluding hydrogens is 413 g/mol. The lowest BCUT2D eigenvalue weighted by atomic mass is 9.63. The molecule has 1 aliphatic carbocycles. The van der Waals surface area contributed by atoms with Gasteiger partial charge in [0.05, 0.1) is 23.6 Å². The number of para-hydroxylation sites is 1. The Kier molecular flexibility index (Phi) is 5.06. The van der Waals surface area contributed by atoms with Gasteiger partial charge in [0.15, 0.2) is 17.4 Å². The topological polar surface area (TPSA) is 87.1 Å². The van der Waals surface area contributed by atoms with E-state index < -0.39 is 41.2 Å². The molecule has 3 fully saturated rings. The molecule has 0 bridgehead atoms. The highest BCUT2D eigenvalue weighted by Gasteiger charge is 2.66. The van der Waals surface area contributed by atoms with Gasteiger partial charge in [-0.3, -0.25) is 14.5 Å². The van der Waals surface area contributed by atoms with Crippen molar-refractivity contribution in [2.45, 2.75) is 44.5 Å². The van der Waals surface area contributed by atoms with E-state index >= 15 is 0 Å². The van der Waals surface area contributed by atoms with Gasteiger partial charge in [0.25, 0.3) is 0 Å². The fraction of sp³-hybridized carbons (Fsp3) is 0.440. The number of aliphatic hydroxyl groups is 1. The second kappa shape index (κ2) is 7.67. The van der Waals surface area contributed by atoms with Gasteiger partial charge in [0.1, 0.15) is 0 Å². The second-order valence-corrected chi connectivity index (χ2v) is 9.11. The van der Waals surface area contributed by atoms with Crippen LogP contribution in [0.4, 0.5) is 10.1 Å². The SMILES string of the molecule is CCC[C@H]1C[C@@H]2C(=O)N(c3ccccc3)C(=O)[C@@H]2[C@@H]2C[C@@H](c3ccc(O)c(F)c3)O[C@]12O. The summed E-state index contributed by atoms with van der Waals surface area (Å²) in [6, 6.07) is 12.9. The summed E-state index contributed by atoms with van der Waals surface area (Å²) in [4.78, 5) is 28.1. The highest BCUT2D eigenvalue weighted by atomic mass is 19.1. The minimum atomic E-state index is -1.57. The molecule has 0 radical (unpaired) electrons. The van der Waals surface area contributed by atoms with E-state index in [1.54, 1.807) is 30.3 Å². The van der Waals surface area contributed by atoms with Crippen LogP contribution in [0, 0.1) is 29.5 Å². The van der Waals surface area contributed by atoms with Crippen LogP contribution < -0.4 is 4.90 Å². The van der Waals surface area contributed by atoms with E-state index in [0.717, 1.165) is 6.42 Å². The quantitative estimate of drug-likeness (QED) is 0.705. The lowest BCUT2D eigenvalue weighted by Crippen LogP contribution is -2.53. The van der Waals surface area contributed by atoms with Crippen molar-refractivity contribution in [2.75, 3.05) is 4.90 Å². The van der Waals surface area contributed by atoms with Gasteiger partial charge < -0.3 is 14.9 Å². The van der Waals surface area contributed by atoms with Crippen LogP contribution in [-0.4, -0.2) is 27.8 Å². The zero-order valence-corrected chi connectivity index (χ0v) is 17.8. The number of carbonyl (C=O) groups is 2. The van der Waals surface area contributed by atoms with Gasteiger partial charge in [0.2, 0.25) is 11.8 Å². The smallest absolute Gasteiger partial charge is 0.238 e. The monoisotopic (exact) mass is 439 g/mol. The maximum atomic E-state index is 14.0. The summed E-state index contributed by atoms with van der Waals surface area (Å²) in [6.07, 6.45) is 1.48. The summed E-state index contributed by atoms with van der Waals surface area (Å²) in [6.45, 7) is 2.00. The van der Waals surface area contributed by atoms with Gasteiger partial charge in [-0.2, -0.15) is 0 Å². The van der Waals surface area contributed by atoms with Crippen LogP contribution in [0.3, 0.4) is 0 Å². The predicted molar refractivity (Wildman–Crippen MR) is 114 cm³/mol. The summed E-state index contributed by atoms with van der Waals surface area (Å²) < 4.78 is 20.1. The number of benzene rings is 2. The van der Waals surface area contributed by atoms with E-state index in [-0.39, 0.29) is 17.7 Å². The minimum Gasteiger partial charge on any atom is -0.505 e. The van der Waals surface area contributed by atoms with Crippen LogP contribution in [-0.2, 0) is 14.3 Å². The molecule has 32 heavy (non-hydrogen) atoms. The number of anilines is 1. The highest BCUT2D eigenvalue weighted by molar-refractivity contribution is 6.22. The Morgan fingerprint density at radius 2 is 1.88 bits per heavy atom. The van der Waals surface area contributed by atoms with Crippen LogP contribution in [0.2, 0.25) is 0 Å². The van der Waals surface area contributed by atoms with Gasteiger partial charge in [-0.1, -0.05) is 37.6 Å². The zero-order chi connectivity index (χ0) is 22.6. The van der Waals surface area contributed by atoms with Crippen molar-refractivity contribution < 1.29 is 28.9 Å². The Labute approximate surface area is 185 Å². The van der Waals surface area contributed by atoms with Crippen LogP contribution in [0.5, 0.6) is 5.75 Å². The molecule has 7 heteroatoms. The number of nitrogens with zero attached hydrogens (tertiary/aromatic N) is 1. The Bertz CT molecular complexity index is 1060. The number of ether oxygens (including phenoxy) is 1. The number of amides is 2. The molecule has 2 N–H and O–H groups in total. The van der Waals surface area contributed by atoms with E-state index in [2.05, 4.69) is 0 Å². The minimum absolute atomic E-state index is 0.228. The first-order valence-electron chi connectivity index (χ1n) is 11.2. The van der Waals surface area contributed by atoms with Crippen molar-refractivity contribution >= 4 is 17.5 Å². The Morgan fingerprint density at radius 1 is 1.12 bits per heavy atom. The lowest BCUT2D eigenvalue weighted by molar-refractivity contribution is -0.270. The molecule has 1 saturated carbocycles. The number of phenolic OH excluding ortho intramolecular Hbond substituents is 1. The molecule has 2 aliphatic heterocycles. The van der Waals surface area contributed by atoms with Crippen molar-refractivity contribution in [3.05, 3.63) is 59.9 Å². The first-order valence-corrected chi connectivity index (χ1v) is 11.2. The molecule has 0 spiro atoms. The standard InChI is InChI=1S/C25H26FNO5/c1-2-6-15-12-17-22(24(30)27(23(17)29)16-7-4-3-5-8-16)18-13-21(32-25(15,18)31)14-9-10-20(28)19(26)11-14/h3-5,7-11,15,17-18,21-22,28,31H,2,6,12-13H2,1H3/t15-,17-,18-,21-,22-,25+/m0/s1. The molecule has 6 nitrogen and oxygen atoms in total. The molecule has 5 rings (SSSR count). The number of halogens is 1. The van der Waals surface area contributed by atoms with Gasteiger partial charge in [-0.25, -0.2) is 4.39 Å². The normalized spacial score (nSPS) is 34.0. The molecule has 0 aromatic heterocycles. The van der Waals surface area contributed by atoms with Crippen molar-refractivity contribution in [3.63, 3.8) is 0 Å². The maximum absolute atomic E-state index is 14.0. The van der Waals surface area contributed by atoms with Crippen molar-refractivity contribution in [1.29, 1.82) is 0 Å². The van der Waals surface area contributed by atoms with Crippen LogP contribution in [0.1, 0.15) is 44.3 Å². The number of rotatable bonds is 4. The third-order valence-corrected chi connectivity index (χ3v) is 7.36. The van der Waals surface area contributed by atoms with Crippen LogP contribution >= 0.6 is 0 Å². The summed E-state index contributed by atoms with van der Waals surface area (Å²) in [5.41, 5.74) is 1.02. The molecule has 0 unspecified atom stereocenters. The maximum Gasteiger partial charge on any atom is 0.238 e. The summed E-state index contributed by atoms with van der Waals surface area (Å²) in [5.74, 6) is -5.42. The predicted octanol–water partition coefficient (Wildman–Crippen LogP) is 3.92. The third kappa shape index (κ3) is 3.06. The summed E-state index contributed by atoms with van der Waals surface area (Å²) in [7, 11) is 0. The molecule has 2 aromatic carbocycles. The van der Waals surface area contributed by atoms with Crippen LogP contribution in [0.25, 0.3) is 0 Å². The molecule has 168 valence electrons. The largest absolute Gasteiger partial charge is 0.505 e. The van der Waals surface area contributed by atoms with E-state index in [9.17, 15) is 24.2 Å². The third-order valence-electron chi connectivity index (χ3n) is 7.36. The Hall–Kier alpha value is -2.77. The van der Waals surface area contributed by atoms with Crippen molar-refractivity contribution in [3.8, 4) is 5.75 Å². The molecule has 3 aliphatic rings. The van der Waals surface area contributed by atoms with Gasteiger partial charge in [-0.05, 0) is 49.1 Å². The number of phenols is 1.